The first-order chi connectivity index (χ1) is 15.6. The van der Waals surface area contributed by atoms with Gasteiger partial charge < -0.3 is 15.5 Å². The summed E-state index contributed by atoms with van der Waals surface area (Å²) in [5, 5.41) is 5.92. The Labute approximate surface area is 190 Å². The maximum absolute atomic E-state index is 12.9. The van der Waals surface area contributed by atoms with Crippen molar-refractivity contribution in [2.24, 2.45) is 0 Å². The zero-order valence-corrected chi connectivity index (χ0v) is 18.9. The second kappa shape index (κ2) is 11.8. The lowest BCUT2D eigenvalue weighted by Gasteiger charge is -2.15. The SMILES string of the molecule is CC[NH+](CC)CCNC(=O)c1ccc(NC(=O)c2ccccc2Cc2ccccc2)cc1. The molecule has 5 heteroatoms. The summed E-state index contributed by atoms with van der Waals surface area (Å²) in [6, 6.07) is 24.8. The van der Waals surface area contributed by atoms with Crippen LogP contribution in [0.2, 0.25) is 0 Å². The van der Waals surface area contributed by atoms with Gasteiger partial charge in [-0.2, -0.15) is 0 Å². The number of quaternary nitrogens is 1. The lowest BCUT2D eigenvalue weighted by Crippen LogP contribution is -3.12. The summed E-state index contributed by atoms with van der Waals surface area (Å²) in [6.45, 7) is 7.95. The number of amides is 2. The summed E-state index contributed by atoms with van der Waals surface area (Å²) in [5.41, 5.74) is 4.03. The van der Waals surface area contributed by atoms with Gasteiger partial charge >= 0.3 is 0 Å². The highest BCUT2D eigenvalue weighted by Gasteiger charge is 2.13. The van der Waals surface area contributed by atoms with Crippen LogP contribution in [0.5, 0.6) is 0 Å². The summed E-state index contributed by atoms with van der Waals surface area (Å²) in [5.74, 6) is -0.251. The zero-order chi connectivity index (χ0) is 22.8. The molecule has 3 N–H and O–H groups in total. The third-order valence-electron chi connectivity index (χ3n) is 5.67. The van der Waals surface area contributed by atoms with Gasteiger partial charge in [0.1, 0.15) is 0 Å². The van der Waals surface area contributed by atoms with E-state index in [4.69, 9.17) is 0 Å². The maximum Gasteiger partial charge on any atom is 0.255 e. The Kier molecular flexibility index (Phi) is 8.58. The number of nitrogens with one attached hydrogen (secondary N) is 3. The van der Waals surface area contributed by atoms with Crippen LogP contribution < -0.4 is 15.5 Å². The van der Waals surface area contributed by atoms with Crippen molar-refractivity contribution < 1.29 is 14.5 Å². The number of hydrogen-bond donors (Lipinski definition) is 3. The molecule has 32 heavy (non-hydrogen) atoms. The molecule has 0 aliphatic carbocycles. The highest BCUT2D eigenvalue weighted by Crippen LogP contribution is 2.17. The summed E-state index contributed by atoms with van der Waals surface area (Å²) < 4.78 is 0. The number of rotatable bonds is 10. The minimum atomic E-state index is -0.157. The summed E-state index contributed by atoms with van der Waals surface area (Å²) in [4.78, 5) is 26.7. The van der Waals surface area contributed by atoms with Crippen LogP contribution >= 0.6 is 0 Å². The van der Waals surface area contributed by atoms with E-state index in [9.17, 15) is 9.59 Å². The minimum absolute atomic E-state index is 0.0948. The van der Waals surface area contributed by atoms with Crippen molar-refractivity contribution in [2.75, 3.05) is 31.5 Å². The molecular weight excluding hydrogens is 398 g/mol. The number of anilines is 1. The van der Waals surface area contributed by atoms with Crippen LogP contribution in [0.3, 0.4) is 0 Å². The van der Waals surface area contributed by atoms with Gasteiger partial charge in [-0.1, -0.05) is 48.5 Å². The molecule has 0 unspecified atom stereocenters. The van der Waals surface area contributed by atoms with Crippen molar-refractivity contribution in [1.29, 1.82) is 0 Å². The van der Waals surface area contributed by atoms with Crippen LogP contribution in [0.4, 0.5) is 5.69 Å². The molecule has 0 radical (unpaired) electrons. The second-order valence-electron chi connectivity index (χ2n) is 7.81. The Morgan fingerprint density at radius 3 is 2.12 bits per heavy atom. The molecular formula is C27H32N3O2+. The van der Waals surface area contributed by atoms with Crippen LogP contribution in [-0.4, -0.2) is 38.0 Å². The van der Waals surface area contributed by atoms with E-state index in [-0.39, 0.29) is 11.8 Å². The molecule has 0 spiro atoms. The summed E-state index contributed by atoms with van der Waals surface area (Å²) >= 11 is 0. The highest BCUT2D eigenvalue weighted by atomic mass is 16.2. The van der Waals surface area contributed by atoms with Crippen molar-refractivity contribution in [3.63, 3.8) is 0 Å². The molecule has 3 rings (SSSR count). The van der Waals surface area contributed by atoms with Gasteiger partial charge in [-0.05, 0) is 61.7 Å². The topological polar surface area (TPSA) is 62.6 Å². The first-order valence-corrected chi connectivity index (χ1v) is 11.3. The second-order valence-corrected chi connectivity index (χ2v) is 7.81. The van der Waals surface area contributed by atoms with E-state index in [1.807, 2.05) is 42.5 Å². The molecule has 0 saturated carbocycles. The third-order valence-corrected chi connectivity index (χ3v) is 5.67. The van der Waals surface area contributed by atoms with E-state index < -0.39 is 0 Å². The van der Waals surface area contributed by atoms with Gasteiger partial charge in [-0.25, -0.2) is 0 Å². The number of carbonyl (C=O) groups is 2. The zero-order valence-electron chi connectivity index (χ0n) is 18.9. The number of likely N-dealkylation sites (N-methyl/N-ethyl adjacent to an activating group) is 1. The summed E-state index contributed by atoms with van der Waals surface area (Å²) in [7, 11) is 0. The Balaban J connectivity index is 1.60. The Morgan fingerprint density at radius 1 is 0.781 bits per heavy atom. The van der Waals surface area contributed by atoms with E-state index in [0.717, 1.165) is 30.8 Å². The molecule has 0 fully saturated rings. The van der Waals surface area contributed by atoms with E-state index >= 15 is 0 Å². The van der Waals surface area contributed by atoms with Crippen molar-refractivity contribution in [3.8, 4) is 0 Å². The van der Waals surface area contributed by atoms with Crippen molar-refractivity contribution in [3.05, 3.63) is 101 Å². The molecule has 0 aliphatic heterocycles. The average molecular weight is 431 g/mol. The molecule has 3 aromatic rings. The largest absolute Gasteiger partial charge is 0.346 e. The molecule has 3 aromatic carbocycles. The predicted molar refractivity (Wildman–Crippen MR) is 129 cm³/mol. The highest BCUT2D eigenvalue weighted by molar-refractivity contribution is 6.05. The van der Waals surface area contributed by atoms with E-state index in [1.165, 1.54) is 4.90 Å². The molecule has 0 aliphatic rings. The van der Waals surface area contributed by atoms with Crippen molar-refractivity contribution >= 4 is 17.5 Å². The van der Waals surface area contributed by atoms with Gasteiger partial charge in [0, 0.05) is 16.8 Å². The first kappa shape index (κ1) is 23.2. The molecule has 0 bridgehead atoms. The molecule has 0 saturated heterocycles. The molecule has 0 heterocycles. The van der Waals surface area contributed by atoms with Gasteiger partial charge in [-0.15, -0.1) is 0 Å². The van der Waals surface area contributed by atoms with Crippen LogP contribution in [0.1, 0.15) is 45.7 Å². The quantitative estimate of drug-likeness (QED) is 0.463. The smallest absolute Gasteiger partial charge is 0.255 e. The van der Waals surface area contributed by atoms with Crippen LogP contribution in [0.15, 0.2) is 78.9 Å². The average Bonchev–Trinajstić information content (AvgIpc) is 2.83. The first-order valence-electron chi connectivity index (χ1n) is 11.3. The molecule has 166 valence electrons. The fourth-order valence-electron chi connectivity index (χ4n) is 3.67. The number of carbonyl (C=O) groups excluding carboxylic acids is 2. The molecule has 0 atom stereocenters. The van der Waals surface area contributed by atoms with Crippen LogP contribution in [0.25, 0.3) is 0 Å². The Morgan fingerprint density at radius 2 is 1.44 bits per heavy atom. The van der Waals surface area contributed by atoms with Gasteiger partial charge in [0.2, 0.25) is 0 Å². The van der Waals surface area contributed by atoms with Crippen LogP contribution in [0, 0.1) is 0 Å². The van der Waals surface area contributed by atoms with Gasteiger partial charge in [0.25, 0.3) is 11.8 Å². The van der Waals surface area contributed by atoms with Gasteiger partial charge in [0.15, 0.2) is 0 Å². The monoisotopic (exact) mass is 430 g/mol. The fourth-order valence-corrected chi connectivity index (χ4v) is 3.67. The maximum atomic E-state index is 12.9. The molecule has 0 aromatic heterocycles. The molecule has 5 nitrogen and oxygen atoms in total. The Bertz CT molecular complexity index is 1010. The lowest BCUT2D eigenvalue weighted by molar-refractivity contribution is -0.895. The third kappa shape index (κ3) is 6.53. The lowest BCUT2D eigenvalue weighted by atomic mass is 9.99. The minimum Gasteiger partial charge on any atom is -0.346 e. The predicted octanol–water partition coefficient (Wildman–Crippen LogP) is 3.18. The normalized spacial score (nSPS) is 10.7. The number of benzene rings is 3. The summed E-state index contributed by atoms with van der Waals surface area (Å²) in [6.07, 6.45) is 0.693. The fraction of sp³-hybridized carbons (Fsp3) is 0.259. The van der Waals surface area contributed by atoms with Crippen molar-refractivity contribution in [1.82, 2.24) is 5.32 Å². The molecule has 2 amide bonds. The van der Waals surface area contributed by atoms with Crippen LogP contribution in [-0.2, 0) is 6.42 Å². The van der Waals surface area contributed by atoms with Crippen molar-refractivity contribution in [2.45, 2.75) is 20.3 Å². The number of hydrogen-bond acceptors (Lipinski definition) is 2. The standard InChI is InChI=1S/C27H31N3O2/c1-3-30(4-2)19-18-28-26(31)22-14-16-24(17-15-22)29-27(32)25-13-9-8-12-23(25)20-21-10-6-5-7-11-21/h5-17H,3-4,18-20H2,1-2H3,(H,28,31)(H,29,32)/p+1. The van der Waals surface area contributed by atoms with E-state index in [0.29, 0.717) is 29.8 Å². The van der Waals surface area contributed by atoms with E-state index in [2.05, 4.69) is 36.6 Å². The van der Waals surface area contributed by atoms with E-state index in [1.54, 1.807) is 24.3 Å². The van der Waals surface area contributed by atoms with Gasteiger partial charge in [0.05, 0.1) is 26.2 Å². The van der Waals surface area contributed by atoms with Gasteiger partial charge in [-0.3, -0.25) is 9.59 Å². The Hall–Kier alpha value is -3.44.